The molecule has 0 aromatic carbocycles. The Bertz CT molecular complexity index is 558. The van der Waals surface area contributed by atoms with Gasteiger partial charge in [0, 0.05) is 12.3 Å². The molecular formula is C8H10N4O3S. The molecule has 0 saturated carbocycles. The lowest BCUT2D eigenvalue weighted by molar-refractivity contribution is 0.377. The first-order chi connectivity index (χ1) is 7.58. The number of nitrogens with one attached hydrogen (secondary N) is 2. The van der Waals surface area contributed by atoms with Crippen LogP contribution in [0, 0.1) is 6.92 Å². The summed E-state index contributed by atoms with van der Waals surface area (Å²) >= 11 is 0. The predicted octanol–water partition coefficient (Wildman–Crippen LogP) is 0.185. The fraction of sp³-hybridized carbons (Fsp3) is 0.250. The smallest absolute Gasteiger partial charge is 0.244 e. The topological polar surface area (TPSA) is 101 Å². The van der Waals surface area contributed by atoms with E-state index in [2.05, 4.69) is 20.1 Å². The van der Waals surface area contributed by atoms with Crippen LogP contribution in [0.1, 0.15) is 11.5 Å². The summed E-state index contributed by atoms with van der Waals surface area (Å²) in [6.07, 6.45) is 2.53. The molecule has 0 unspecified atom stereocenters. The molecule has 7 nitrogen and oxygen atoms in total. The molecule has 0 radical (unpaired) electrons. The summed E-state index contributed by atoms with van der Waals surface area (Å²) in [6, 6.07) is 1.66. The van der Waals surface area contributed by atoms with Crippen molar-refractivity contribution in [1.29, 1.82) is 0 Å². The average molecular weight is 242 g/mol. The Hall–Kier alpha value is -1.67. The van der Waals surface area contributed by atoms with Crippen molar-refractivity contribution in [3.63, 3.8) is 0 Å². The van der Waals surface area contributed by atoms with Gasteiger partial charge in [-0.05, 0) is 6.92 Å². The van der Waals surface area contributed by atoms with Gasteiger partial charge in [0.05, 0.1) is 18.4 Å². The summed E-state index contributed by atoms with van der Waals surface area (Å²) in [5, 5.41) is 9.65. The van der Waals surface area contributed by atoms with E-state index in [0.29, 0.717) is 11.5 Å². The highest BCUT2D eigenvalue weighted by molar-refractivity contribution is 7.89. The number of aromatic amines is 1. The van der Waals surface area contributed by atoms with E-state index in [1.807, 2.05) is 0 Å². The van der Waals surface area contributed by atoms with Gasteiger partial charge in [-0.1, -0.05) is 5.16 Å². The first-order valence-electron chi connectivity index (χ1n) is 4.48. The van der Waals surface area contributed by atoms with Crippen LogP contribution in [0.25, 0.3) is 0 Å². The van der Waals surface area contributed by atoms with Crippen LogP contribution in [-0.2, 0) is 16.6 Å². The molecule has 2 heterocycles. The molecule has 0 amide bonds. The van der Waals surface area contributed by atoms with Gasteiger partial charge in [0.25, 0.3) is 0 Å². The third-order valence-electron chi connectivity index (χ3n) is 1.90. The molecule has 2 rings (SSSR count). The number of rotatable bonds is 4. The van der Waals surface area contributed by atoms with Crippen molar-refractivity contribution in [1.82, 2.24) is 20.1 Å². The van der Waals surface area contributed by atoms with Crippen LogP contribution in [0.2, 0.25) is 0 Å². The largest absolute Gasteiger partial charge is 0.360 e. The molecule has 8 heteroatoms. The van der Waals surface area contributed by atoms with E-state index >= 15 is 0 Å². The zero-order valence-electron chi connectivity index (χ0n) is 8.47. The summed E-state index contributed by atoms with van der Waals surface area (Å²) < 4.78 is 30.5. The van der Waals surface area contributed by atoms with Gasteiger partial charge in [-0.2, -0.15) is 5.10 Å². The molecule has 0 fully saturated rings. The lowest BCUT2D eigenvalue weighted by atomic mass is 10.4. The van der Waals surface area contributed by atoms with Crippen molar-refractivity contribution in [3.05, 3.63) is 29.9 Å². The number of H-pyrrole nitrogens is 1. The van der Waals surface area contributed by atoms with Crippen LogP contribution in [0.4, 0.5) is 0 Å². The Balaban J connectivity index is 2.06. The number of nitrogens with zero attached hydrogens (tertiary/aromatic N) is 2. The number of aryl methyl sites for hydroxylation is 1. The van der Waals surface area contributed by atoms with Crippen molar-refractivity contribution in [2.45, 2.75) is 18.4 Å². The van der Waals surface area contributed by atoms with E-state index < -0.39 is 10.0 Å². The van der Waals surface area contributed by atoms with Crippen LogP contribution in [0.5, 0.6) is 0 Å². The van der Waals surface area contributed by atoms with E-state index in [-0.39, 0.29) is 11.4 Å². The lowest BCUT2D eigenvalue weighted by Crippen LogP contribution is -2.22. The van der Waals surface area contributed by atoms with Crippen molar-refractivity contribution < 1.29 is 12.9 Å². The Morgan fingerprint density at radius 2 is 2.38 bits per heavy atom. The van der Waals surface area contributed by atoms with E-state index in [1.54, 1.807) is 13.0 Å². The first-order valence-corrected chi connectivity index (χ1v) is 5.97. The number of sulfonamides is 1. The minimum atomic E-state index is -3.54. The predicted molar refractivity (Wildman–Crippen MR) is 53.9 cm³/mol. The maximum Gasteiger partial charge on any atom is 0.244 e. The molecule has 2 aromatic heterocycles. The third kappa shape index (κ3) is 2.28. The third-order valence-corrected chi connectivity index (χ3v) is 3.26. The Kier molecular flexibility index (Phi) is 2.75. The molecule has 0 spiro atoms. The van der Waals surface area contributed by atoms with Gasteiger partial charge < -0.3 is 4.52 Å². The van der Waals surface area contributed by atoms with Gasteiger partial charge in [0.2, 0.25) is 10.0 Å². The second-order valence-corrected chi connectivity index (χ2v) is 4.96. The number of hydrogen-bond acceptors (Lipinski definition) is 5. The van der Waals surface area contributed by atoms with Gasteiger partial charge in [-0.15, -0.1) is 0 Å². The van der Waals surface area contributed by atoms with Crippen molar-refractivity contribution in [3.8, 4) is 0 Å². The molecular weight excluding hydrogens is 232 g/mol. The van der Waals surface area contributed by atoms with Crippen LogP contribution in [0.15, 0.2) is 27.9 Å². The van der Waals surface area contributed by atoms with Gasteiger partial charge in [-0.3, -0.25) is 5.10 Å². The number of hydrogen-bond donors (Lipinski definition) is 2. The standard InChI is InChI=1S/C8H10N4O3S/c1-6-2-7(15-12-6)3-11-16(13,14)8-4-9-10-5-8/h2,4-5,11H,3H2,1H3,(H,9,10). The lowest BCUT2D eigenvalue weighted by Gasteiger charge is -2.00. The highest BCUT2D eigenvalue weighted by atomic mass is 32.2. The quantitative estimate of drug-likeness (QED) is 0.796. The maximum absolute atomic E-state index is 11.6. The normalized spacial score (nSPS) is 11.8. The molecule has 2 aromatic rings. The highest BCUT2D eigenvalue weighted by Gasteiger charge is 2.15. The monoisotopic (exact) mass is 242 g/mol. The zero-order valence-corrected chi connectivity index (χ0v) is 9.28. The SMILES string of the molecule is Cc1cc(CNS(=O)(=O)c2cn[nH]c2)on1. The van der Waals surface area contributed by atoms with Crippen LogP contribution < -0.4 is 4.72 Å². The summed E-state index contributed by atoms with van der Waals surface area (Å²) in [5.74, 6) is 0.463. The Labute approximate surface area is 91.9 Å². The maximum atomic E-state index is 11.6. The summed E-state index contributed by atoms with van der Waals surface area (Å²) in [4.78, 5) is 0.0868. The molecule has 0 atom stereocenters. The summed E-state index contributed by atoms with van der Waals surface area (Å²) in [6.45, 7) is 1.83. The summed E-state index contributed by atoms with van der Waals surface area (Å²) in [5.41, 5.74) is 0.706. The molecule has 16 heavy (non-hydrogen) atoms. The highest BCUT2D eigenvalue weighted by Crippen LogP contribution is 2.07. The van der Waals surface area contributed by atoms with E-state index in [9.17, 15) is 8.42 Å². The molecule has 2 N–H and O–H groups in total. The van der Waals surface area contributed by atoms with E-state index in [0.717, 1.165) is 0 Å². The van der Waals surface area contributed by atoms with Gasteiger partial charge in [0.15, 0.2) is 5.76 Å². The van der Waals surface area contributed by atoms with Crippen LogP contribution in [0.3, 0.4) is 0 Å². The molecule has 0 aliphatic carbocycles. The molecule has 0 aliphatic heterocycles. The van der Waals surface area contributed by atoms with Crippen molar-refractivity contribution in [2.24, 2.45) is 0 Å². The summed E-state index contributed by atoms with van der Waals surface area (Å²) in [7, 11) is -3.54. The molecule has 0 bridgehead atoms. The second kappa shape index (κ2) is 4.06. The van der Waals surface area contributed by atoms with Gasteiger partial charge >= 0.3 is 0 Å². The Morgan fingerprint density at radius 3 is 2.94 bits per heavy atom. The van der Waals surface area contributed by atoms with Crippen LogP contribution >= 0.6 is 0 Å². The molecule has 86 valence electrons. The fourth-order valence-electron chi connectivity index (χ4n) is 1.14. The minimum absolute atomic E-state index is 0.0638. The second-order valence-electron chi connectivity index (χ2n) is 3.19. The van der Waals surface area contributed by atoms with Gasteiger partial charge in [-0.25, -0.2) is 13.1 Å². The zero-order chi connectivity index (χ0) is 11.6. The van der Waals surface area contributed by atoms with E-state index in [4.69, 9.17) is 4.52 Å². The number of aromatic nitrogens is 3. The minimum Gasteiger partial charge on any atom is -0.360 e. The molecule has 0 saturated heterocycles. The van der Waals surface area contributed by atoms with Crippen LogP contribution in [-0.4, -0.2) is 23.8 Å². The molecule has 0 aliphatic rings. The van der Waals surface area contributed by atoms with E-state index in [1.165, 1.54) is 12.4 Å². The van der Waals surface area contributed by atoms with Crippen molar-refractivity contribution >= 4 is 10.0 Å². The Morgan fingerprint density at radius 1 is 1.56 bits per heavy atom. The van der Waals surface area contributed by atoms with Gasteiger partial charge in [0.1, 0.15) is 4.90 Å². The van der Waals surface area contributed by atoms with Crippen molar-refractivity contribution in [2.75, 3.05) is 0 Å². The first kappa shape index (κ1) is 10.8. The fourth-order valence-corrected chi connectivity index (χ4v) is 2.03. The average Bonchev–Trinajstić information content (AvgIpc) is 2.85.